The lowest BCUT2D eigenvalue weighted by Crippen LogP contribution is -2.45. The molecule has 1 heterocycles. The molecule has 1 aliphatic rings. The van der Waals surface area contributed by atoms with Crippen LogP contribution in [0.5, 0.6) is 0 Å². The SMILES string of the molecule is O=C(O)CN(C(=O)CC(F)(F)F)C1CCS(=O)(=O)C1. The summed E-state index contributed by atoms with van der Waals surface area (Å²) in [6.07, 6.45) is -6.60. The Morgan fingerprint density at radius 1 is 1.32 bits per heavy atom. The Kier molecular flexibility index (Phi) is 4.43. The van der Waals surface area contributed by atoms with E-state index >= 15 is 0 Å². The van der Waals surface area contributed by atoms with Crippen LogP contribution in [-0.4, -0.2) is 60.6 Å². The molecule has 1 aliphatic heterocycles. The van der Waals surface area contributed by atoms with Gasteiger partial charge in [0.05, 0.1) is 11.5 Å². The largest absolute Gasteiger partial charge is 0.480 e. The van der Waals surface area contributed by atoms with Gasteiger partial charge in [0.15, 0.2) is 9.84 Å². The van der Waals surface area contributed by atoms with Crippen molar-refractivity contribution in [1.29, 1.82) is 0 Å². The van der Waals surface area contributed by atoms with Crippen molar-refractivity contribution in [3.8, 4) is 0 Å². The third kappa shape index (κ3) is 5.05. The molecule has 1 N–H and O–H groups in total. The number of carboxylic acid groups (broad SMARTS) is 1. The molecule has 19 heavy (non-hydrogen) atoms. The molecule has 0 saturated carbocycles. The Balaban J connectivity index is 2.84. The van der Waals surface area contributed by atoms with E-state index in [1.165, 1.54) is 0 Å². The van der Waals surface area contributed by atoms with Crippen LogP contribution in [0, 0.1) is 0 Å². The zero-order chi connectivity index (χ0) is 14.8. The highest BCUT2D eigenvalue weighted by Gasteiger charge is 2.40. The third-order valence-corrected chi connectivity index (χ3v) is 4.38. The maximum absolute atomic E-state index is 12.1. The Labute approximate surface area is 107 Å². The minimum atomic E-state index is -4.76. The molecule has 0 aromatic heterocycles. The maximum Gasteiger partial charge on any atom is 0.397 e. The molecule has 110 valence electrons. The van der Waals surface area contributed by atoms with Gasteiger partial charge in [0, 0.05) is 6.04 Å². The molecule has 0 bridgehead atoms. The number of halogens is 3. The van der Waals surface area contributed by atoms with Crippen molar-refractivity contribution in [2.24, 2.45) is 0 Å². The average molecular weight is 303 g/mol. The fraction of sp³-hybridized carbons (Fsp3) is 0.778. The van der Waals surface area contributed by atoms with Crippen LogP contribution in [0.1, 0.15) is 12.8 Å². The van der Waals surface area contributed by atoms with Crippen LogP contribution in [0.15, 0.2) is 0 Å². The van der Waals surface area contributed by atoms with Crippen molar-refractivity contribution in [2.45, 2.75) is 25.1 Å². The van der Waals surface area contributed by atoms with Crippen LogP contribution in [0.2, 0.25) is 0 Å². The van der Waals surface area contributed by atoms with Crippen molar-refractivity contribution in [1.82, 2.24) is 4.90 Å². The molecule has 1 fully saturated rings. The van der Waals surface area contributed by atoms with Crippen molar-refractivity contribution in [3.05, 3.63) is 0 Å². The molecule has 0 aliphatic carbocycles. The van der Waals surface area contributed by atoms with Gasteiger partial charge in [-0.15, -0.1) is 0 Å². The van der Waals surface area contributed by atoms with E-state index in [1.54, 1.807) is 0 Å². The van der Waals surface area contributed by atoms with Crippen molar-refractivity contribution >= 4 is 21.7 Å². The first-order valence-corrected chi connectivity index (χ1v) is 7.11. The van der Waals surface area contributed by atoms with Crippen LogP contribution < -0.4 is 0 Å². The second-order valence-electron chi connectivity index (χ2n) is 4.26. The van der Waals surface area contributed by atoms with E-state index < -0.39 is 52.7 Å². The summed E-state index contributed by atoms with van der Waals surface area (Å²) in [7, 11) is -3.42. The summed E-state index contributed by atoms with van der Waals surface area (Å²) < 4.78 is 58.9. The molecule has 10 heteroatoms. The van der Waals surface area contributed by atoms with Crippen molar-refractivity contribution in [2.75, 3.05) is 18.1 Å². The van der Waals surface area contributed by atoms with E-state index in [0.29, 0.717) is 4.90 Å². The van der Waals surface area contributed by atoms with E-state index in [0.717, 1.165) is 0 Å². The minimum Gasteiger partial charge on any atom is -0.480 e. The number of rotatable bonds is 4. The first kappa shape index (κ1) is 15.7. The highest BCUT2D eigenvalue weighted by molar-refractivity contribution is 7.91. The lowest BCUT2D eigenvalue weighted by atomic mass is 10.2. The number of amides is 1. The highest BCUT2D eigenvalue weighted by Crippen LogP contribution is 2.24. The van der Waals surface area contributed by atoms with Gasteiger partial charge in [0.1, 0.15) is 13.0 Å². The van der Waals surface area contributed by atoms with E-state index in [9.17, 15) is 31.2 Å². The zero-order valence-electron chi connectivity index (χ0n) is 9.68. The zero-order valence-corrected chi connectivity index (χ0v) is 10.5. The van der Waals surface area contributed by atoms with Gasteiger partial charge in [-0.2, -0.15) is 13.2 Å². The van der Waals surface area contributed by atoms with E-state index in [-0.39, 0.29) is 12.2 Å². The molecule has 1 atom stereocenters. The number of hydrogen-bond acceptors (Lipinski definition) is 4. The fourth-order valence-corrected chi connectivity index (χ4v) is 3.59. The van der Waals surface area contributed by atoms with Crippen molar-refractivity contribution < 1.29 is 36.3 Å². The van der Waals surface area contributed by atoms with Gasteiger partial charge >= 0.3 is 12.1 Å². The number of carbonyl (C=O) groups excluding carboxylic acids is 1. The Bertz CT molecular complexity index is 473. The van der Waals surface area contributed by atoms with Crippen LogP contribution in [0.25, 0.3) is 0 Å². The number of aliphatic carboxylic acids is 1. The average Bonchev–Trinajstić information content (AvgIpc) is 2.52. The summed E-state index contributed by atoms with van der Waals surface area (Å²) >= 11 is 0. The second kappa shape index (κ2) is 5.35. The summed E-state index contributed by atoms with van der Waals surface area (Å²) in [6.45, 7) is -0.935. The third-order valence-electron chi connectivity index (χ3n) is 2.63. The molecule has 1 amide bonds. The van der Waals surface area contributed by atoms with Crippen LogP contribution in [0.3, 0.4) is 0 Å². The van der Waals surface area contributed by atoms with Crippen LogP contribution >= 0.6 is 0 Å². The Morgan fingerprint density at radius 2 is 1.89 bits per heavy atom. The fourth-order valence-electron chi connectivity index (χ4n) is 1.86. The predicted octanol–water partition coefficient (Wildman–Crippen LogP) is 0.0391. The maximum atomic E-state index is 12.1. The normalized spacial score (nSPS) is 22.2. The van der Waals surface area contributed by atoms with Gasteiger partial charge in [0.2, 0.25) is 5.91 Å². The predicted molar refractivity (Wildman–Crippen MR) is 57.1 cm³/mol. The number of sulfone groups is 1. The number of carboxylic acids is 1. The number of alkyl halides is 3. The van der Waals surface area contributed by atoms with Crippen molar-refractivity contribution in [3.63, 3.8) is 0 Å². The van der Waals surface area contributed by atoms with Gasteiger partial charge in [-0.05, 0) is 6.42 Å². The second-order valence-corrected chi connectivity index (χ2v) is 6.49. The van der Waals surface area contributed by atoms with E-state index in [2.05, 4.69) is 0 Å². The molecule has 0 radical (unpaired) electrons. The van der Waals surface area contributed by atoms with Gasteiger partial charge in [-0.25, -0.2) is 8.42 Å². The molecular formula is C9H12F3NO5S. The standard InChI is InChI=1S/C9H12F3NO5S/c10-9(11,12)3-7(14)13(4-8(15)16)6-1-2-19(17,18)5-6/h6H,1-5H2,(H,15,16). The summed E-state index contributed by atoms with van der Waals surface area (Å²) in [5.74, 6) is -3.66. The Hall–Kier alpha value is -1.32. The van der Waals surface area contributed by atoms with Crippen LogP contribution in [0.4, 0.5) is 13.2 Å². The number of hydrogen-bond donors (Lipinski definition) is 1. The quantitative estimate of drug-likeness (QED) is 0.791. The monoisotopic (exact) mass is 303 g/mol. The van der Waals surface area contributed by atoms with Gasteiger partial charge in [0.25, 0.3) is 0 Å². The lowest BCUT2D eigenvalue weighted by Gasteiger charge is -2.26. The molecule has 1 rings (SSSR count). The summed E-state index contributed by atoms with van der Waals surface area (Å²) in [6, 6.07) is -1.00. The number of carbonyl (C=O) groups is 2. The van der Waals surface area contributed by atoms with Gasteiger partial charge in [-0.3, -0.25) is 9.59 Å². The summed E-state index contributed by atoms with van der Waals surface area (Å²) in [5.41, 5.74) is 0. The molecule has 0 aromatic rings. The Morgan fingerprint density at radius 3 is 2.26 bits per heavy atom. The minimum absolute atomic E-state index is 0.0424. The van der Waals surface area contributed by atoms with Crippen LogP contribution in [-0.2, 0) is 19.4 Å². The molecule has 0 aromatic carbocycles. The molecule has 0 spiro atoms. The van der Waals surface area contributed by atoms with Gasteiger partial charge < -0.3 is 10.0 Å². The molecular weight excluding hydrogens is 291 g/mol. The topological polar surface area (TPSA) is 91.8 Å². The highest BCUT2D eigenvalue weighted by atomic mass is 32.2. The van der Waals surface area contributed by atoms with E-state index in [1.807, 2.05) is 0 Å². The number of nitrogens with zero attached hydrogens (tertiary/aromatic N) is 1. The summed E-state index contributed by atoms with van der Waals surface area (Å²) in [5, 5.41) is 8.60. The van der Waals surface area contributed by atoms with Gasteiger partial charge in [-0.1, -0.05) is 0 Å². The smallest absolute Gasteiger partial charge is 0.397 e. The molecule has 1 saturated heterocycles. The molecule has 6 nitrogen and oxygen atoms in total. The first-order valence-electron chi connectivity index (χ1n) is 5.28. The summed E-state index contributed by atoms with van der Waals surface area (Å²) in [4.78, 5) is 22.5. The molecule has 1 unspecified atom stereocenters. The van der Waals surface area contributed by atoms with E-state index in [4.69, 9.17) is 5.11 Å². The lowest BCUT2D eigenvalue weighted by molar-refractivity contribution is -0.165. The first-order chi connectivity index (χ1) is 8.50.